The van der Waals surface area contributed by atoms with Gasteiger partial charge in [-0.25, -0.2) is 4.79 Å². The Morgan fingerprint density at radius 3 is 2.81 bits per heavy atom. The van der Waals surface area contributed by atoms with E-state index in [2.05, 4.69) is 0 Å². The minimum Gasteiger partial charge on any atom is -0.504 e. The normalized spacial score (nSPS) is 17.4. The maximum Gasteiger partial charge on any atom is 0.335 e. The van der Waals surface area contributed by atoms with Crippen LogP contribution < -0.4 is 15.6 Å². The van der Waals surface area contributed by atoms with Crippen LogP contribution >= 0.6 is 0 Å². The van der Waals surface area contributed by atoms with E-state index in [1.165, 1.54) is 0 Å². The number of allylic oxidation sites excluding steroid dienone is 1. The minimum atomic E-state index is -0.523. The van der Waals surface area contributed by atoms with Crippen LogP contribution in [0.4, 0.5) is 0 Å². The molecule has 0 saturated carbocycles. The lowest BCUT2D eigenvalue weighted by molar-refractivity contribution is -0.138. The van der Waals surface area contributed by atoms with E-state index in [0.29, 0.717) is 28.6 Å². The van der Waals surface area contributed by atoms with Crippen molar-refractivity contribution in [3.05, 3.63) is 92.8 Å². The molecule has 0 fully saturated rings. The number of rotatable bonds is 4. The van der Waals surface area contributed by atoms with Crippen LogP contribution in [0.25, 0.3) is 12.2 Å². The standard InChI is InChI=1S/C27H24O5/c1-3-30-27(29)23-16(2)13-21-25(24(23)19-10-9-18-11-12-31-20(18)15-19)26(28)22(32-21)14-17-7-5-4-6-8-17/h4-10,13-15,24,28H,3,11-12H2,1-2H3. The molecule has 3 aromatic rings. The van der Waals surface area contributed by atoms with E-state index in [-0.39, 0.29) is 12.4 Å². The highest BCUT2D eigenvalue weighted by molar-refractivity contribution is 5.95. The van der Waals surface area contributed by atoms with Gasteiger partial charge in [-0.05, 0) is 54.3 Å². The van der Waals surface area contributed by atoms with Gasteiger partial charge in [-0.1, -0.05) is 42.5 Å². The molecule has 0 radical (unpaired) electrons. The van der Waals surface area contributed by atoms with Gasteiger partial charge >= 0.3 is 5.97 Å². The maximum absolute atomic E-state index is 13.0. The molecule has 2 heterocycles. The summed E-state index contributed by atoms with van der Waals surface area (Å²) in [4.78, 5) is 13.0. The Hall–Kier alpha value is -3.73. The third-order valence-electron chi connectivity index (χ3n) is 5.97. The number of hydrogen-bond donors (Lipinski definition) is 1. The predicted octanol–water partition coefficient (Wildman–Crippen LogP) is 3.55. The summed E-state index contributed by atoms with van der Waals surface area (Å²) in [6, 6.07) is 15.6. The molecule has 162 valence electrons. The van der Waals surface area contributed by atoms with Gasteiger partial charge in [0.05, 0.1) is 24.4 Å². The molecule has 1 aliphatic heterocycles. The van der Waals surface area contributed by atoms with Crippen molar-refractivity contribution in [2.45, 2.75) is 26.2 Å². The molecule has 0 saturated heterocycles. The third-order valence-corrected chi connectivity index (χ3v) is 5.97. The molecule has 2 aliphatic rings. The van der Waals surface area contributed by atoms with Crippen LogP contribution in [0.1, 0.15) is 42.0 Å². The van der Waals surface area contributed by atoms with Crippen molar-refractivity contribution in [1.29, 1.82) is 0 Å². The quantitative estimate of drug-likeness (QED) is 0.644. The summed E-state index contributed by atoms with van der Waals surface area (Å²) in [6.45, 7) is 4.57. The zero-order valence-corrected chi connectivity index (χ0v) is 18.1. The lowest BCUT2D eigenvalue weighted by atomic mass is 9.80. The van der Waals surface area contributed by atoms with Crippen LogP contribution in [-0.4, -0.2) is 24.3 Å². The first-order chi connectivity index (χ1) is 15.6. The molecule has 32 heavy (non-hydrogen) atoms. The zero-order valence-electron chi connectivity index (χ0n) is 18.1. The molecule has 1 atom stereocenters. The van der Waals surface area contributed by atoms with Crippen molar-refractivity contribution in [3.63, 3.8) is 0 Å². The highest BCUT2D eigenvalue weighted by Crippen LogP contribution is 2.41. The topological polar surface area (TPSA) is 68.9 Å². The predicted molar refractivity (Wildman–Crippen MR) is 121 cm³/mol. The Balaban J connectivity index is 1.72. The number of aromatic hydroxyl groups is 1. The van der Waals surface area contributed by atoms with Gasteiger partial charge in [-0.15, -0.1) is 0 Å². The average molecular weight is 428 g/mol. The molecule has 1 aromatic heterocycles. The summed E-state index contributed by atoms with van der Waals surface area (Å²) in [5.74, 6) is -0.0722. The van der Waals surface area contributed by atoms with Crippen molar-refractivity contribution >= 4 is 18.1 Å². The van der Waals surface area contributed by atoms with Crippen molar-refractivity contribution in [2.75, 3.05) is 13.2 Å². The molecule has 1 unspecified atom stereocenters. The highest BCUT2D eigenvalue weighted by Gasteiger charge is 2.35. The fourth-order valence-corrected chi connectivity index (χ4v) is 4.49. The monoisotopic (exact) mass is 428 g/mol. The zero-order chi connectivity index (χ0) is 22.2. The molecule has 5 rings (SSSR count). The van der Waals surface area contributed by atoms with Gasteiger partial charge in [-0.3, -0.25) is 0 Å². The molecule has 1 N–H and O–H groups in total. The first-order valence-electron chi connectivity index (χ1n) is 10.8. The Kier molecular flexibility index (Phi) is 5.10. The number of carbonyl (C=O) groups is 1. The molecule has 2 aromatic carbocycles. The Morgan fingerprint density at radius 1 is 1.22 bits per heavy atom. The van der Waals surface area contributed by atoms with E-state index >= 15 is 0 Å². The van der Waals surface area contributed by atoms with Crippen LogP contribution in [0.3, 0.4) is 0 Å². The molecule has 0 spiro atoms. The second-order valence-electron chi connectivity index (χ2n) is 8.01. The van der Waals surface area contributed by atoms with Crippen LogP contribution in [0.15, 0.2) is 64.1 Å². The fourth-order valence-electron chi connectivity index (χ4n) is 4.49. The van der Waals surface area contributed by atoms with Crippen LogP contribution in [0, 0.1) is 0 Å². The third kappa shape index (κ3) is 3.40. The largest absolute Gasteiger partial charge is 0.504 e. The lowest BCUT2D eigenvalue weighted by Gasteiger charge is -2.24. The molecule has 1 aliphatic carbocycles. The molecule has 0 bridgehead atoms. The molecular formula is C27H24O5. The first kappa shape index (κ1) is 20.2. The Morgan fingerprint density at radius 2 is 2.03 bits per heavy atom. The maximum atomic E-state index is 13.0. The Labute approximate surface area is 185 Å². The fraction of sp³-hybridized carbons (Fsp3) is 0.222. The second-order valence-corrected chi connectivity index (χ2v) is 8.01. The number of ether oxygens (including phenoxy) is 2. The van der Waals surface area contributed by atoms with Gasteiger partial charge in [0.15, 0.2) is 11.2 Å². The van der Waals surface area contributed by atoms with Gasteiger partial charge < -0.3 is 19.0 Å². The van der Waals surface area contributed by atoms with E-state index in [1.54, 1.807) is 19.1 Å². The number of fused-ring (bicyclic) bond motifs is 2. The van der Waals surface area contributed by atoms with Crippen molar-refractivity contribution < 1.29 is 23.8 Å². The smallest absolute Gasteiger partial charge is 0.335 e. The molecule has 5 nitrogen and oxygen atoms in total. The molecular weight excluding hydrogens is 404 g/mol. The minimum absolute atomic E-state index is 0.0285. The number of furan rings is 1. The summed E-state index contributed by atoms with van der Waals surface area (Å²) in [5.41, 5.74) is 5.63. The van der Waals surface area contributed by atoms with Crippen LogP contribution in [0.5, 0.6) is 11.5 Å². The van der Waals surface area contributed by atoms with E-state index in [4.69, 9.17) is 13.9 Å². The van der Waals surface area contributed by atoms with Gasteiger partial charge in [0.25, 0.3) is 0 Å². The summed E-state index contributed by atoms with van der Waals surface area (Å²) in [7, 11) is 0. The van der Waals surface area contributed by atoms with Crippen LogP contribution in [-0.2, 0) is 16.0 Å². The van der Waals surface area contributed by atoms with Crippen molar-refractivity contribution in [1.82, 2.24) is 0 Å². The molecule has 5 heteroatoms. The lowest BCUT2D eigenvalue weighted by Crippen LogP contribution is -2.24. The number of hydrogen-bond acceptors (Lipinski definition) is 5. The Bertz CT molecular complexity index is 1340. The van der Waals surface area contributed by atoms with Gasteiger partial charge in [0.2, 0.25) is 0 Å². The van der Waals surface area contributed by atoms with E-state index < -0.39 is 11.9 Å². The molecule has 0 amide bonds. The van der Waals surface area contributed by atoms with E-state index in [1.807, 2.05) is 55.5 Å². The van der Waals surface area contributed by atoms with Gasteiger partial charge in [-0.2, -0.15) is 0 Å². The average Bonchev–Trinajstić information content (AvgIpc) is 3.37. The van der Waals surface area contributed by atoms with Gasteiger partial charge in [0, 0.05) is 12.3 Å². The van der Waals surface area contributed by atoms with E-state index in [9.17, 15) is 9.90 Å². The van der Waals surface area contributed by atoms with Crippen molar-refractivity contribution in [2.24, 2.45) is 0 Å². The van der Waals surface area contributed by atoms with Gasteiger partial charge in [0.1, 0.15) is 11.2 Å². The first-order valence-corrected chi connectivity index (χ1v) is 10.8. The van der Waals surface area contributed by atoms with Crippen LogP contribution in [0.2, 0.25) is 0 Å². The second kappa shape index (κ2) is 8.08. The summed E-state index contributed by atoms with van der Waals surface area (Å²) in [6.07, 6.45) is 4.46. The SMILES string of the molecule is CCOC(=O)C1=C(C)C=c2oc(=Cc3ccccc3)c(O)c2C1c1ccc2c(c1)OCC2. The van der Waals surface area contributed by atoms with Crippen molar-refractivity contribution in [3.8, 4) is 11.5 Å². The number of benzene rings is 2. The summed E-state index contributed by atoms with van der Waals surface area (Å²) >= 11 is 0. The summed E-state index contributed by atoms with van der Waals surface area (Å²) in [5, 5.41) is 11.2. The summed E-state index contributed by atoms with van der Waals surface area (Å²) < 4.78 is 17.2. The van der Waals surface area contributed by atoms with E-state index in [0.717, 1.165) is 34.4 Å². The number of esters is 1. The number of carbonyl (C=O) groups excluding carboxylic acids is 1. The highest BCUT2D eigenvalue weighted by atomic mass is 16.5.